The van der Waals surface area contributed by atoms with Crippen LogP contribution in [0.1, 0.15) is 31.0 Å². The van der Waals surface area contributed by atoms with E-state index in [-0.39, 0.29) is 6.04 Å². The molecule has 1 aromatic rings. The highest BCUT2D eigenvalue weighted by atomic mass is 14.7. The highest BCUT2D eigenvalue weighted by Crippen LogP contribution is 2.14. The standard InChI is InChI=1S/C10H14N2/c1-7(2)9-4-10(8(3)11)6-12-5-9/h4-6,8H,1,11H2,2-3H3. The third kappa shape index (κ3) is 1.92. The Kier molecular flexibility index (Phi) is 2.61. The highest BCUT2D eigenvalue weighted by Gasteiger charge is 2.00. The molecular formula is C10H14N2. The molecule has 2 nitrogen and oxygen atoms in total. The first-order valence-corrected chi connectivity index (χ1v) is 3.97. The van der Waals surface area contributed by atoms with E-state index >= 15 is 0 Å². The summed E-state index contributed by atoms with van der Waals surface area (Å²) in [5, 5.41) is 0. The number of rotatable bonds is 2. The van der Waals surface area contributed by atoms with E-state index < -0.39 is 0 Å². The normalized spacial score (nSPS) is 12.6. The van der Waals surface area contributed by atoms with Crippen molar-refractivity contribution in [3.8, 4) is 0 Å². The van der Waals surface area contributed by atoms with Crippen molar-refractivity contribution in [2.45, 2.75) is 19.9 Å². The van der Waals surface area contributed by atoms with Crippen LogP contribution in [0.15, 0.2) is 25.0 Å². The molecule has 0 saturated carbocycles. The number of pyridine rings is 1. The molecule has 1 rings (SSSR count). The predicted octanol–water partition coefficient (Wildman–Crippen LogP) is 2.13. The highest BCUT2D eigenvalue weighted by molar-refractivity contribution is 5.60. The molecule has 0 saturated heterocycles. The van der Waals surface area contributed by atoms with Crippen LogP contribution in [-0.2, 0) is 0 Å². The van der Waals surface area contributed by atoms with E-state index in [9.17, 15) is 0 Å². The molecule has 1 heterocycles. The van der Waals surface area contributed by atoms with Gasteiger partial charge >= 0.3 is 0 Å². The number of aromatic nitrogens is 1. The van der Waals surface area contributed by atoms with E-state index in [1.54, 1.807) is 12.4 Å². The summed E-state index contributed by atoms with van der Waals surface area (Å²) in [6.45, 7) is 7.75. The van der Waals surface area contributed by atoms with Crippen molar-refractivity contribution in [2.75, 3.05) is 0 Å². The van der Waals surface area contributed by atoms with Gasteiger partial charge in [0.2, 0.25) is 0 Å². The molecule has 0 aliphatic rings. The first kappa shape index (κ1) is 8.94. The summed E-state index contributed by atoms with van der Waals surface area (Å²) in [6, 6.07) is 2.07. The van der Waals surface area contributed by atoms with Gasteiger partial charge in [0.25, 0.3) is 0 Å². The fourth-order valence-corrected chi connectivity index (χ4v) is 0.940. The monoisotopic (exact) mass is 162 g/mol. The van der Waals surface area contributed by atoms with Gasteiger partial charge in [0.05, 0.1) is 0 Å². The Morgan fingerprint density at radius 3 is 2.75 bits per heavy atom. The second kappa shape index (κ2) is 3.50. The third-order valence-electron chi connectivity index (χ3n) is 1.78. The Hall–Kier alpha value is -1.15. The first-order valence-electron chi connectivity index (χ1n) is 3.97. The van der Waals surface area contributed by atoms with E-state index in [0.717, 1.165) is 16.7 Å². The lowest BCUT2D eigenvalue weighted by Gasteiger charge is -2.06. The zero-order valence-corrected chi connectivity index (χ0v) is 7.54. The third-order valence-corrected chi connectivity index (χ3v) is 1.78. The fourth-order valence-electron chi connectivity index (χ4n) is 0.940. The fraction of sp³-hybridized carbons (Fsp3) is 0.300. The molecule has 2 heteroatoms. The molecule has 12 heavy (non-hydrogen) atoms. The van der Waals surface area contributed by atoms with Gasteiger partial charge < -0.3 is 5.73 Å². The molecule has 2 N–H and O–H groups in total. The molecule has 64 valence electrons. The van der Waals surface area contributed by atoms with Gasteiger partial charge in [-0.15, -0.1) is 0 Å². The second-order valence-corrected chi connectivity index (χ2v) is 3.08. The van der Waals surface area contributed by atoms with Crippen molar-refractivity contribution in [3.63, 3.8) is 0 Å². The predicted molar refractivity (Wildman–Crippen MR) is 51.5 cm³/mol. The van der Waals surface area contributed by atoms with Crippen molar-refractivity contribution < 1.29 is 0 Å². The maximum absolute atomic E-state index is 5.71. The average molecular weight is 162 g/mol. The van der Waals surface area contributed by atoms with Crippen LogP contribution in [0, 0.1) is 0 Å². The van der Waals surface area contributed by atoms with Crippen molar-refractivity contribution >= 4 is 5.57 Å². The Balaban J connectivity index is 3.04. The number of allylic oxidation sites excluding steroid dienone is 1. The summed E-state index contributed by atoms with van der Waals surface area (Å²) < 4.78 is 0. The van der Waals surface area contributed by atoms with Crippen LogP contribution >= 0.6 is 0 Å². The molecule has 0 fully saturated rings. The Morgan fingerprint density at radius 1 is 1.58 bits per heavy atom. The van der Waals surface area contributed by atoms with Crippen LogP contribution in [0.3, 0.4) is 0 Å². The minimum atomic E-state index is 0.0387. The van der Waals surface area contributed by atoms with Gasteiger partial charge in [-0.05, 0) is 36.6 Å². The van der Waals surface area contributed by atoms with Crippen molar-refractivity contribution in [2.24, 2.45) is 5.73 Å². The zero-order chi connectivity index (χ0) is 9.14. The van der Waals surface area contributed by atoms with Crippen molar-refractivity contribution in [1.82, 2.24) is 4.98 Å². The van der Waals surface area contributed by atoms with Gasteiger partial charge in [0, 0.05) is 18.4 Å². The summed E-state index contributed by atoms with van der Waals surface area (Å²) in [5.74, 6) is 0. The topological polar surface area (TPSA) is 38.9 Å². The Morgan fingerprint density at radius 2 is 2.25 bits per heavy atom. The number of nitrogens with two attached hydrogens (primary N) is 1. The number of hydrogen-bond donors (Lipinski definition) is 1. The molecule has 0 amide bonds. The van der Waals surface area contributed by atoms with Crippen LogP contribution in [0.4, 0.5) is 0 Å². The summed E-state index contributed by atoms with van der Waals surface area (Å²) in [5.41, 5.74) is 8.84. The Bertz CT molecular complexity index is 290. The molecular weight excluding hydrogens is 148 g/mol. The average Bonchev–Trinajstić information content (AvgIpc) is 2.04. The van der Waals surface area contributed by atoms with E-state index in [1.807, 2.05) is 19.9 Å². The maximum Gasteiger partial charge on any atom is 0.0342 e. The molecule has 0 aliphatic carbocycles. The SMILES string of the molecule is C=C(C)c1cncc(C(C)N)c1. The van der Waals surface area contributed by atoms with Crippen molar-refractivity contribution in [3.05, 3.63) is 36.2 Å². The maximum atomic E-state index is 5.71. The molecule has 0 radical (unpaired) electrons. The van der Waals surface area contributed by atoms with E-state index in [4.69, 9.17) is 5.73 Å². The van der Waals surface area contributed by atoms with Crippen LogP contribution < -0.4 is 5.73 Å². The number of nitrogens with zero attached hydrogens (tertiary/aromatic N) is 1. The van der Waals surface area contributed by atoms with Gasteiger partial charge in [-0.1, -0.05) is 6.58 Å². The minimum absolute atomic E-state index is 0.0387. The summed E-state index contributed by atoms with van der Waals surface area (Å²) in [4.78, 5) is 4.09. The van der Waals surface area contributed by atoms with E-state index in [1.165, 1.54) is 0 Å². The molecule has 0 spiro atoms. The quantitative estimate of drug-likeness (QED) is 0.723. The van der Waals surface area contributed by atoms with Gasteiger partial charge in [0.15, 0.2) is 0 Å². The van der Waals surface area contributed by atoms with Gasteiger partial charge in [0.1, 0.15) is 0 Å². The summed E-state index contributed by atoms with van der Waals surface area (Å²) in [6.07, 6.45) is 3.59. The molecule has 1 atom stereocenters. The molecule has 0 bridgehead atoms. The van der Waals surface area contributed by atoms with Crippen molar-refractivity contribution in [1.29, 1.82) is 0 Å². The largest absolute Gasteiger partial charge is 0.324 e. The van der Waals surface area contributed by atoms with Gasteiger partial charge in [-0.3, -0.25) is 4.98 Å². The Labute approximate surface area is 73.1 Å². The molecule has 1 unspecified atom stereocenters. The zero-order valence-electron chi connectivity index (χ0n) is 7.54. The lowest BCUT2D eigenvalue weighted by atomic mass is 10.1. The van der Waals surface area contributed by atoms with Gasteiger partial charge in [-0.2, -0.15) is 0 Å². The summed E-state index contributed by atoms with van der Waals surface area (Å²) in [7, 11) is 0. The minimum Gasteiger partial charge on any atom is -0.324 e. The molecule has 0 aromatic carbocycles. The smallest absolute Gasteiger partial charge is 0.0342 e. The van der Waals surface area contributed by atoms with Crippen LogP contribution in [0.25, 0.3) is 5.57 Å². The first-order chi connectivity index (χ1) is 5.61. The molecule has 1 aromatic heterocycles. The van der Waals surface area contributed by atoms with Crippen LogP contribution in [0.2, 0.25) is 0 Å². The van der Waals surface area contributed by atoms with E-state index in [2.05, 4.69) is 11.6 Å². The van der Waals surface area contributed by atoms with Crippen LogP contribution in [0.5, 0.6) is 0 Å². The molecule has 0 aliphatic heterocycles. The van der Waals surface area contributed by atoms with E-state index in [0.29, 0.717) is 0 Å². The van der Waals surface area contributed by atoms with Crippen LogP contribution in [-0.4, -0.2) is 4.98 Å². The van der Waals surface area contributed by atoms with Gasteiger partial charge in [-0.25, -0.2) is 0 Å². The number of hydrogen-bond acceptors (Lipinski definition) is 2. The lowest BCUT2D eigenvalue weighted by molar-refractivity contribution is 0.811. The summed E-state index contributed by atoms with van der Waals surface area (Å²) >= 11 is 0. The second-order valence-electron chi connectivity index (χ2n) is 3.08. The lowest BCUT2D eigenvalue weighted by Crippen LogP contribution is -2.05.